The van der Waals surface area contributed by atoms with Crippen molar-refractivity contribution in [3.63, 3.8) is 0 Å². The van der Waals surface area contributed by atoms with Crippen molar-refractivity contribution in [2.75, 3.05) is 0 Å². The molecule has 0 amide bonds. The summed E-state index contributed by atoms with van der Waals surface area (Å²) < 4.78 is 1.79. The summed E-state index contributed by atoms with van der Waals surface area (Å²) in [5.74, 6) is 0.308. The Balaban J connectivity index is 2.52. The highest BCUT2D eigenvalue weighted by molar-refractivity contribution is 5.41. The van der Waals surface area contributed by atoms with Gasteiger partial charge in [0.25, 0.3) is 0 Å². The molecule has 0 unspecified atom stereocenters. The molecule has 2 aromatic rings. The molecule has 0 aliphatic rings. The number of aryl methyl sites for hydroxylation is 2. The van der Waals surface area contributed by atoms with Gasteiger partial charge >= 0.3 is 0 Å². The summed E-state index contributed by atoms with van der Waals surface area (Å²) in [6.07, 6.45) is 0.742. The van der Waals surface area contributed by atoms with Crippen LogP contribution in [0.2, 0.25) is 0 Å². The Morgan fingerprint density at radius 2 is 1.81 bits per heavy atom. The van der Waals surface area contributed by atoms with Gasteiger partial charge in [-0.3, -0.25) is 0 Å². The van der Waals surface area contributed by atoms with Crippen molar-refractivity contribution in [2.24, 2.45) is 0 Å². The van der Waals surface area contributed by atoms with Crippen molar-refractivity contribution in [3.8, 4) is 11.4 Å². The van der Waals surface area contributed by atoms with Gasteiger partial charge in [0.05, 0.1) is 11.4 Å². The lowest BCUT2D eigenvalue weighted by atomic mass is 10.2. The van der Waals surface area contributed by atoms with Gasteiger partial charge in [0.2, 0.25) is 0 Å². The molecule has 16 heavy (non-hydrogen) atoms. The molecule has 3 heteroatoms. The molecule has 1 heterocycles. The molecule has 1 N–H and O–H groups in total. The van der Waals surface area contributed by atoms with Gasteiger partial charge in [-0.15, -0.1) is 0 Å². The Labute approximate surface area is 95.3 Å². The second kappa shape index (κ2) is 4.00. The highest BCUT2D eigenvalue weighted by Crippen LogP contribution is 2.24. The number of aromatic hydroxyl groups is 1. The highest BCUT2D eigenvalue weighted by atomic mass is 16.3. The Bertz CT molecular complexity index is 497. The molecule has 2 rings (SSSR count). The van der Waals surface area contributed by atoms with Crippen LogP contribution in [-0.2, 0) is 6.42 Å². The molecule has 3 nitrogen and oxygen atoms in total. The van der Waals surface area contributed by atoms with Crippen LogP contribution in [0.15, 0.2) is 24.3 Å². The zero-order chi connectivity index (χ0) is 11.7. The minimum absolute atomic E-state index is 0.308. The van der Waals surface area contributed by atoms with E-state index >= 15 is 0 Å². The van der Waals surface area contributed by atoms with Crippen molar-refractivity contribution in [1.29, 1.82) is 0 Å². The molecule has 0 atom stereocenters. The van der Waals surface area contributed by atoms with Crippen LogP contribution in [-0.4, -0.2) is 14.9 Å². The summed E-state index contributed by atoms with van der Waals surface area (Å²) in [6.45, 7) is 5.91. The predicted octanol–water partition coefficient (Wildman–Crippen LogP) is 2.76. The molecular weight excluding hydrogens is 200 g/mol. The van der Waals surface area contributed by atoms with E-state index in [1.54, 1.807) is 4.68 Å². The van der Waals surface area contributed by atoms with Crippen LogP contribution < -0.4 is 0 Å². The summed E-state index contributed by atoms with van der Waals surface area (Å²) in [7, 11) is 0. The van der Waals surface area contributed by atoms with Crippen LogP contribution in [0.4, 0.5) is 0 Å². The fourth-order valence-electron chi connectivity index (χ4n) is 1.73. The lowest BCUT2D eigenvalue weighted by Crippen LogP contribution is -1.99. The number of aromatic nitrogens is 2. The Hall–Kier alpha value is -1.77. The van der Waals surface area contributed by atoms with Gasteiger partial charge in [0.15, 0.2) is 5.75 Å². The smallest absolute Gasteiger partial charge is 0.160 e. The number of hydrogen-bond acceptors (Lipinski definition) is 2. The first-order valence-electron chi connectivity index (χ1n) is 5.48. The normalized spacial score (nSPS) is 10.7. The monoisotopic (exact) mass is 216 g/mol. The topological polar surface area (TPSA) is 38.0 Å². The third-order valence-corrected chi connectivity index (χ3v) is 2.77. The van der Waals surface area contributed by atoms with Gasteiger partial charge in [-0.1, -0.05) is 24.6 Å². The second-order valence-corrected chi connectivity index (χ2v) is 3.98. The SMILES string of the molecule is CCc1nn(-c2ccc(C)cc2)c(C)c1O. The zero-order valence-electron chi connectivity index (χ0n) is 9.86. The van der Waals surface area contributed by atoms with E-state index in [0.717, 1.165) is 23.5 Å². The number of nitrogens with zero attached hydrogens (tertiary/aromatic N) is 2. The van der Waals surface area contributed by atoms with Gasteiger partial charge in [-0.2, -0.15) is 5.10 Å². The standard InChI is InChI=1S/C13H16N2O/c1-4-12-13(16)10(3)15(14-12)11-7-5-9(2)6-8-11/h5-8,16H,4H2,1-3H3. The van der Waals surface area contributed by atoms with E-state index in [1.165, 1.54) is 5.56 Å². The molecule has 1 aromatic heterocycles. The molecule has 1 aromatic carbocycles. The zero-order valence-corrected chi connectivity index (χ0v) is 9.86. The minimum atomic E-state index is 0.308. The van der Waals surface area contributed by atoms with Crippen LogP contribution in [0.25, 0.3) is 5.69 Å². The molecule has 0 aliphatic carbocycles. The third-order valence-electron chi connectivity index (χ3n) is 2.77. The third kappa shape index (κ3) is 1.69. The Kier molecular flexibility index (Phi) is 2.69. The maximum Gasteiger partial charge on any atom is 0.160 e. The van der Waals surface area contributed by atoms with Gasteiger partial charge in [0, 0.05) is 0 Å². The van der Waals surface area contributed by atoms with E-state index in [9.17, 15) is 5.11 Å². The number of hydrogen-bond donors (Lipinski definition) is 1. The van der Waals surface area contributed by atoms with E-state index in [4.69, 9.17) is 0 Å². The van der Waals surface area contributed by atoms with Crippen molar-refractivity contribution in [1.82, 2.24) is 9.78 Å². The van der Waals surface area contributed by atoms with E-state index in [-0.39, 0.29) is 0 Å². The van der Waals surface area contributed by atoms with Crippen molar-refractivity contribution >= 4 is 0 Å². The fraction of sp³-hybridized carbons (Fsp3) is 0.308. The molecule has 0 spiro atoms. The summed E-state index contributed by atoms with van der Waals surface area (Å²) in [5, 5.41) is 14.2. The highest BCUT2D eigenvalue weighted by Gasteiger charge is 2.12. The first kappa shape index (κ1) is 10.7. The largest absolute Gasteiger partial charge is 0.504 e. The lowest BCUT2D eigenvalue weighted by molar-refractivity contribution is 0.464. The molecule has 0 fully saturated rings. The van der Waals surface area contributed by atoms with E-state index < -0.39 is 0 Å². The van der Waals surface area contributed by atoms with Gasteiger partial charge in [0.1, 0.15) is 5.69 Å². The van der Waals surface area contributed by atoms with Crippen LogP contribution in [0.3, 0.4) is 0 Å². The molecule has 0 aliphatic heterocycles. The predicted molar refractivity (Wildman–Crippen MR) is 64.1 cm³/mol. The maximum atomic E-state index is 9.85. The summed E-state index contributed by atoms with van der Waals surface area (Å²) in [5.41, 5.74) is 3.74. The van der Waals surface area contributed by atoms with Crippen LogP contribution in [0, 0.1) is 13.8 Å². The summed E-state index contributed by atoms with van der Waals surface area (Å²) >= 11 is 0. The van der Waals surface area contributed by atoms with Crippen LogP contribution in [0.5, 0.6) is 5.75 Å². The average molecular weight is 216 g/mol. The van der Waals surface area contributed by atoms with E-state index in [0.29, 0.717) is 5.75 Å². The van der Waals surface area contributed by atoms with E-state index in [1.807, 2.05) is 38.1 Å². The molecule has 0 saturated heterocycles. The van der Waals surface area contributed by atoms with Gasteiger partial charge in [-0.05, 0) is 32.4 Å². The minimum Gasteiger partial charge on any atom is -0.504 e. The number of benzene rings is 1. The quantitative estimate of drug-likeness (QED) is 0.838. The molecular formula is C13H16N2O. The lowest BCUT2D eigenvalue weighted by Gasteiger charge is -2.04. The Morgan fingerprint density at radius 1 is 1.19 bits per heavy atom. The van der Waals surface area contributed by atoms with Crippen molar-refractivity contribution in [3.05, 3.63) is 41.2 Å². The number of rotatable bonds is 2. The van der Waals surface area contributed by atoms with E-state index in [2.05, 4.69) is 12.0 Å². The molecule has 0 saturated carbocycles. The molecule has 0 radical (unpaired) electrons. The molecule has 0 bridgehead atoms. The van der Waals surface area contributed by atoms with Crippen molar-refractivity contribution in [2.45, 2.75) is 27.2 Å². The van der Waals surface area contributed by atoms with Crippen LogP contribution >= 0.6 is 0 Å². The van der Waals surface area contributed by atoms with Gasteiger partial charge in [-0.25, -0.2) is 4.68 Å². The van der Waals surface area contributed by atoms with Crippen LogP contribution in [0.1, 0.15) is 23.9 Å². The average Bonchev–Trinajstić information content (AvgIpc) is 2.57. The summed E-state index contributed by atoms with van der Waals surface area (Å²) in [6, 6.07) is 8.10. The fourth-order valence-corrected chi connectivity index (χ4v) is 1.73. The Morgan fingerprint density at radius 3 is 2.31 bits per heavy atom. The van der Waals surface area contributed by atoms with Crippen molar-refractivity contribution < 1.29 is 5.11 Å². The maximum absolute atomic E-state index is 9.85. The second-order valence-electron chi connectivity index (χ2n) is 3.98. The summed E-state index contributed by atoms with van der Waals surface area (Å²) in [4.78, 5) is 0. The first-order chi connectivity index (χ1) is 7.63. The first-order valence-corrected chi connectivity index (χ1v) is 5.48. The van der Waals surface area contributed by atoms with Gasteiger partial charge < -0.3 is 5.11 Å². The molecule has 84 valence electrons.